The molecule has 1 aromatic carbocycles. The number of hydrogen-bond acceptors (Lipinski definition) is 1. The zero-order valence-corrected chi connectivity index (χ0v) is 9.40. The van der Waals surface area contributed by atoms with E-state index in [0.717, 1.165) is 24.1 Å². The van der Waals surface area contributed by atoms with Crippen LogP contribution in [0.25, 0.3) is 0 Å². The lowest BCUT2D eigenvalue weighted by molar-refractivity contribution is -0.117. The van der Waals surface area contributed by atoms with Crippen molar-refractivity contribution in [1.82, 2.24) is 0 Å². The normalized spacial score (nSPS) is 23.9. The molecule has 1 heterocycles. The third kappa shape index (κ3) is 1.44. The summed E-state index contributed by atoms with van der Waals surface area (Å²) < 4.78 is 0. The van der Waals surface area contributed by atoms with Crippen molar-refractivity contribution in [2.24, 2.45) is 5.92 Å². The molecule has 78 valence electrons. The van der Waals surface area contributed by atoms with Crippen molar-refractivity contribution in [2.75, 3.05) is 5.32 Å². The number of carbonyl (C=O) groups excluding carboxylic acids is 1. The lowest BCUT2D eigenvalue weighted by Gasteiger charge is -2.07. The smallest absolute Gasteiger partial charge is 0.232 e. The van der Waals surface area contributed by atoms with E-state index >= 15 is 0 Å². The SMILES string of the molecule is O=C1Nc2c(Cl)cc(Cl)cc2C1C1CC1. The van der Waals surface area contributed by atoms with Gasteiger partial charge in [0.1, 0.15) is 0 Å². The predicted octanol–water partition coefficient (Wildman–Crippen LogP) is 3.44. The highest BCUT2D eigenvalue weighted by Gasteiger charge is 2.42. The standard InChI is InChI=1S/C11H9Cl2NO/c12-6-3-7-9(5-1-2-5)11(15)14-10(7)8(13)4-6/h3-5,9H,1-2H2,(H,14,15). The third-order valence-electron chi connectivity index (χ3n) is 3.04. The van der Waals surface area contributed by atoms with E-state index in [4.69, 9.17) is 23.2 Å². The van der Waals surface area contributed by atoms with Crippen molar-refractivity contribution in [2.45, 2.75) is 18.8 Å². The molecule has 0 saturated heterocycles. The van der Waals surface area contributed by atoms with E-state index < -0.39 is 0 Å². The van der Waals surface area contributed by atoms with Crippen molar-refractivity contribution >= 4 is 34.8 Å². The number of benzene rings is 1. The van der Waals surface area contributed by atoms with Gasteiger partial charge in [-0.05, 0) is 36.5 Å². The Balaban J connectivity index is 2.14. The number of fused-ring (bicyclic) bond motifs is 1. The van der Waals surface area contributed by atoms with Crippen molar-refractivity contribution in [3.63, 3.8) is 0 Å². The molecule has 2 aliphatic rings. The molecule has 1 amide bonds. The first-order valence-electron chi connectivity index (χ1n) is 4.96. The minimum absolute atomic E-state index is 0.0313. The van der Waals surface area contributed by atoms with Crippen LogP contribution >= 0.6 is 23.2 Å². The maximum Gasteiger partial charge on any atom is 0.232 e. The summed E-state index contributed by atoms with van der Waals surface area (Å²) in [6, 6.07) is 3.52. The van der Waals surface area contributed by atoms with Gasteiger partial charge in [0.15, 0.2) is 0 Å². The zero-order chi connectivity index (χ0) is 10.6. The van der Waals surface area contributed by atoms with E-state index in [1.54, 1.807) is 6.07 Å². The Morgan fingerprint density at radius 3 is 2.67 bits per heavy atom. The van der Waals surface area contributed by atoms with Crippen LogP contribution in [0, 0.1) is 5.92 Å². The fraction of sp³-hybridized carbons (Fsp3) is 0.364. The van der Waals surface area contributed by atoms with Crippen LogP contribution < -0.4 is 5.32 Å². The molecule has 1 aliphatic carbocycles. The molecule has 0 spiro atoms. The summed E-state index contributed by atoms with van der Waals surface area (Å²) in [5.74, 6) is 0.522. The van der Waals surface area contributed by atoms with Crippen LogP contribution in [0.5, 0.6) is 0 Å². The molecule has 0 bridgehead atoms. The Labute approximate surface area is 97.6 Å². The second-order valence-corrected chi connectivity index (χ2v) is 5.00. The largest absolute Gasteiger partial charge is 0.324 e. The van der Waals surface area contributed by atoms with E-state index in [1.807, 2.05) is 6.07 Å². The van der Waals surface area contributed by atoms with E-state index in [-0.39, 0.29) is 11.8 Å². The Morgan fingerprint density at radius 2 is 2.00 bits per heavy atom. The van der Waals surface area contributed by atoms with Crippen molar-refractivity contribution < 1.29 is 4.79 Å². The predicted molar refractivity (Wildman–Crippen MR) is 60.6 cm³/mol. The molecule has 3 rings (SSSR count). The average Bonchev–Trinajstić information content (AvgIpc) is 2.91. The highest BCUT2D eigenvalue weighted by Crippen LogP contribution is 2.50. The number of anilines is 1. The molecule has 15 heavy (non-hydrogen) atoms. The van der Waals surface area contributed by atoms with E-state index in [0.29, 0.717) is 16.0 Å². The fourth-order valence-electron chi connectivity index (χ4n) is 2.21. The quantitative estimate of drug-likeness (QED) is 0.802. The molecule has 1 aliphatic heterocycles. The summed E-state index contributed by atoms with van der Waals surface area (Å²) in [6.45, 7) is 0. The monoisotopic (exact) mass is 241 g/mol. The summed E-state index contributed by atoms with van der Waals surface area (Å²) in [5, 5.41) is 3.97. The Bertz CT molecular complexity index is 454. The van der Waals surface area contributed by atoms with E-state index in [9.17, 15) is 4.79 Å². The summed E-state index contributed by atoms with van der Waals surface area (Å²) in [6.07, 6.45) is 2.25. The summed E-state index contributed by atoms with van der Waals surface area (Å²) >= 11 is 12.0. The summed E-state index contributed by atoms with van der Waals surface area (Å²) in [7, 11) is 0. The van der Waals surface area contributed by atoms with Gasteiger partial charge in [-0.1, -0.05) is 23.2 Å². The Morgan fingerprint density at radius 1 is 1.27 bits per heavy atom. The molecule has 0 aromatic heterocycles. The summed E-state index contributed by atoms with van der Waals surface area (Å²) in [4.78, 5) is 11.8. The lowest BCUT2D eigenvalue weighted by atomic mass is 9.96. The first-order valence-corrected chi connectivity index (χ1v) is 5.72. The molecule has 1 aromatic rings. The number of rotatable bonds is 1. The molecule has 1 saturated carbocycles. The molecule has 0 radical (unpaired) electrons. The fourth-order valence-corrected chi connectivity index (χ4v) is 2.77. The van der Waals surface area contributed by atoms with Crippen LogP contribution in [-0.2, 0) is 4.79 Å². The van der Waals surface area contributed by atoms with Crippen molar-refractivity contribution in [3.8, 4) is 0 Å². The molecule has 1 unspecified atom stereocenters. The van der Waals surface area contributed by atoms with Crippen LogP contribution in [0.4, 0.5) is 5.69 Å². The van der Waals surface area contributed by atoms with Gasteiger partial charge < -0.3 is 5.32 Å². The van der Waals surface area contributed by atoms with Crippen molar-refractivity contribution in [3.05, 3.63) is 27.7 Å². The van der Waals surface area contributed by atoms with Gasteiger partial charge in [0.05, 0.1) is 16.6 Å². The van der Waals surface area contributed by atoms with Gasteiger partial charge in [-0.15, -0.1) is 0 Å². The topological polar surface area (TPSA) is 29.1 Å². The molecule has 1 atom stereocenters. The highest BCUT2D eigenvalue weighted by molar-refractivity contribution is 6.37. The van der Waals surface area contributed by atoms with Crippen molar-refractivity contribution in [1.29, 1.82) is 0 Å². The molecule has 2 nitrogen and oxygen atoms in total. The number of amides is 1. The number of carbonyl (C=O) groups is 1. The first kappa shape index (κ1) is 9.49. The number of hydrogen-bond donors (Lipinski definition) is 1. The van der Waals surface area contributed by atoms with E-state index in [1.165, 1.54) is 0 Å². The van der Waals surface area contributed by atoms with Crippen LogP contribution in [-0.4, -0.2) is 5.91 Å². The lowest BCUT2D eigenvalue weighted by Crippen LogP contribution is -2.13. The van der Waals surface area contributed by atoms with Gasteiger partial charge in [-0.2, -0.15) is 0 Å². The average molecular weight is 242 g/mol. The van der Waals surface area contributed by atoms with E-state index in [2.05, 4.69) is 5.32 Å². The second kappa shape index (κ2) is 3.13. The first-order chi connectivity index (χ1) is 7.16. The highest BCUT2D eigenvalue weighted by atomic mass is 35.5. The van der Waals surface area contributed by atoms with Gasteiger partial charge >= 0.3 is 0 Å². The maximum atomic E-state index is 11.8. The van der Waals surface area contributed by atoms with Gasteiger partial charge in [-0.3, -0.25) is 4.79 Å². The number of halogens is 2. The van der Waals surface area contributed by atoms with Gasteiger partial charge in [0, 0.05) is 5.02 Å². The minimum atomic E-state index is -0.0313. The Kier molecular flexibility index (Phi) is 1.98. The maximum absolute atomic E-state index is 11.8. The molecular formula is C11H9Cl2NO. The van der Waals surface area contributed by atoms with Gasteiger partial charge in [0.2, 0.25) is 5.91 Å². The molecule has 1 fully saturated rings. The number of nitrogens with one attached hydrogen (secondary N) is 1. The molecule has 4 heteroatoms. The van der Waals surface area contributed by atoms with Gasteiger partial charge in [-0.25, -0.2) is 0 Å². The van der Waals surface area contributed by atoms with Gasteiger partial charge in [0.25, 0.3) is 0 Å². The third-order valence-corrected chi connectivity index (χ3v) is 3.56. The summed E-state index contributed by atoms with van der Waals surface area (Å²) in [5.41, 5.74) is 1.72. The Hall–Kier alpha value is -0.730. The molecule has 1 N–H and O–H groups in total. The van der Waals surface area contributed by atoms with Crippen LogP contribution in [0.2, 0.25) is 10.0 Å². The van der Waals surface area contributed by atoms with Crippen LogP contribution in [0.3, 0.4) is 0 Å². The molecular weight excluding hydrogens is 233 g/mol. The van der Waals surface area contributed by atoms with Crippen LogP contribution in [0.1, 0.15) is 24.3 Å². The minimum Gasteiger partial charge on any atom is -0.324 e. The van der Waals surface area contributed by atoms with Crippen LogP contribution in [0.15, 0.2) is 12.1 Å². The second-order valence-electron chi connectivity index (χ2n) is 4.16. The zero-order valence-electron chi connectivity index (χ0n) is 7.89.